The molecular formula is C21H22N2O4S. The van der Waals surface area contributed by atoms with E-state index in [0.717, 1.165) is 47.6 Å². The monoisotopic (exact) mass is 398 g/mol. The largest absolute Gasteiger partial charge is 0.454 e. The summed E-state index contributed by atoms with van der Waals surface area (Å²) in [7, 11) is 0. The minimum atomic E-state index is -0.503. The van der Waals surface area contributed by atoms with Crippen LogP contribution in [0.1, 0.15) is 44.9 Å². The van der Waals surface area contributed by atoms with E-state index in [2.05, 4.69) is 9.55 Å². The van der Waals surface area contributed by atoms with Crippen molar-refractivity contribution < 1.29 is 19.1 Å². The third-order valence-corrected chi connectivity index (χ3v) is 5.98. The van der Waals surface area contributed by atoms with E-state index in [0.29, 0.717) is 11.1 Å². The van der Waals surface area contributed by atoms with Crippen LogP contribution < -0.4 is 0 Å². The van der Waals surface area contributed by atoms with E-state index in [1.165, 1.54) is 11.3 Å². The normalized spacial score (nSPS) is 16.6. The third-order valence-electron chi connectivity index (χ3n) is 5.19. The number of ether oxygens (including phenoxy) is 2. The van der Waals surface area contributed by atoms with E-state index in [1.54, 1.807) is 23.7 Å². The molecule has 7 heteroatoms. The topological polar surface area (TPSA) is 70.4 Å². The molecule has 1 atom stereocenters. The molecule has 3 aromatic rings. The predicted molar refractivity (Wildman–Crippen MR) is 107 cm³/mol. The number of aromatic nitrogens is 2. The van der Waals surface area contributed by atoms with Crippen LogP contribution in [-0.2, 0) is 16.0 Å². The summed E-state index contributed by atoms with van der Waals surface area (Å²) in [5.41, 5.74) is 5.50. The van der Waals surface area contributed by atoms with Gasteiger partial charge in [-0.15, -0.1) is 11.3 Å². The zero-order valence-corrected chi connectivity index (χ0v) is 16.8. The molecule has 0 radical (unpaired) electrons. The number of fused-ring (bicyclic) bond motifs is 1. The Morgan fingerprint density at radius 3 is 2.96 bits per heavy atom. The molecule has 1 aromatic carbocycles. The zero-order valence-electron chi connectivity index (χ0n) is 15.9. The van der Waals surface area contributed by atoms with Crippen molar-refractivity contribution in [2.75, 3.05) is 13.2 Å². The Bertz CT molecular complexity index is 1030. The van der Waals surface area contributed by atoms with E-state index in [-0.39, 0.29) is 18.5 Å². The van der Waals surface area contributed by atoms with Crippen molar-refractivity contribution in [2.45, 2.75) is 39.3 Å². The number of hydrogen-bond acceptors (Lipinski definition) is 6. The van der Waals surface area contributed by atoms with E-state index in [4.69, 9.17) is 9.47 Å². The number of thiazole rings is 1. The number of rotatable bonds is 6. The van der Waals surface area contributed by atoms with Crippen LogP contribution in [-0.4, -0.2) is 40.6 Å². The summed E-state index contributed by atoms with van der Waals surface area (Å²) in [6.07, 6.45) is 2.33. The standard InChI is InChI=1S/C21H22N2O4S/c1-13-8-17(14(2)23(13)10-16-4-3-7-26-16)19(24)11-27-21(25)15-5-6-18-20(9-15)28-12-22-18/h5-6,8-9,12,16H,3-4,7,10-11H2,1-2H3. The number of ketones is 1. The Hall–Kier alpha value is -2.51. The molecule has 28 heavy (non-hydrogen) atoms. The quantitative estimate of drug-likeness (QED) is 0.465. The summed E-state index contributed by atoms with van der Waals surface area (Å²) >= 11 is 1.46. The van der Waals surface area contributed by atoms with E-state index in [9.17, 15) is 9.59 Å². The Morgan fingerprint density at radius 2 is 2.18 bits per heavy atom. The first-order chi connectivity index (χ1) is 13.5. The summed E-state index contributed by atoms with van der Waals surface area (Å²) in [4.78, 5) is 29.2. The number of aryl methyl sites for hydroxylation is 1. The fourth-order valence-electron chi connectivity index (χ4n) is 3.63. The van der Waals surface area contributed by atoms with Crippen LogP contribution in [0.15, 0.2) is 29.8 Å². The smallest absolute Gasteiger partial charge is 0.338 e. The lowest BCUT2D eigenvalue weighted by atomic mass is 10.1. The summed E-state index contributed by atoms with van der Waals surface area (Å²) in [5.74, 6) is -0.698. The van der Waals surface area contributed by atoms with E-state index in [1.807, 2.05) is 19.9 Å². The van der Waals surface area contributed by atoms with Crippen molar-refractivity contribution in [3.8, 4) is 0 Å². The van der Waals surface area contributed by atoms with Crippen LogP contribution in [0.4, 0.5) is 0 Å². The van der Waals surface area contributed by atoms with Gasteiger partial charge in [0.05, 0.1) is 27.4 Å². The van der Waals surface area contributed by atoms with Crippen molar-refractivity contribution in [3.05, 3.63) is 52.3 Å². The minimum Gasteiger partial charge on any atom is -0.454 e. The van der Waals surface area contributed by atoms with Gasteiger partial charge in [0.2, 0.25) is 5.78 Å². The highest BCUT2D eigenvalue weighted by molar-refractivity contribution is 7.16. The molecule has 0 N–H and O–H groups in total. The molecule has 1 aliphatic heterocycles. The van der Waals surface area contributed by atoms with Gasteiger partial charge in [-0.3, -0.25) is 4.79 Å². The van der Waals surface area contributed by atoms with Crippen LogP contribution in [0.3, 0.4) is 0 Å². The van der Waals surface area contributed by atoms with E-state index < -0.39 is 5.97 Å². The van der Waals surface area contributed by atoms with Gasteiger partial charge >= 0.3 is 5.97 Å². The average molecular weight is 398 g/mol. The number of carbonyl (C=O) groups is 2. The Kier molecular flexibility index (Phi) is 5.28. The van der Waals surface area contributed by atoms with Crippen molar-refractivity contribution in [2.24, 2.45) is 0 Å². The summed E-state index contributed by atoms with van der Waals surface area (Å²) in [5, 5.41) is 0. The highest BCUT2D eigenvalue weighted by Gasteiger charge is 2.22. The third kappa shape index (κ3) is 3.72. The SMILES string of the molecule is Cc1cc(C(=O)COC(=O)c2ccc3ncsc3c2)c(C)n1CC1CCCO1. The lowest BCUT2D eigenvalue weighted by Crippen LogP contribution is -2.18. The summed E-state index contributed by atoms with van der Waals surface area (Å²) in [6, 6.07) is 7.06. The van der Waals surface area contributed by atoms with Gasteiger partial charge in [-0.1, -0.05) is 0 Å². The first-order valence-electron chi connectivity index (χ1n) is 9.35. The molecule has 0 amide bonds. The molecule has 0 bridgehead atoms. The number of benzene rings is 1. The van der Waals surface area contributed by atoms with Crippen molar-refractivity contribution in [1.82, 2.24) is 9.55 Å². The molecular weight excluding hydrogens is 376 g/mol. The zero-order chi connectivity index (χ0) is 19.7. The van der Waals surface area contributed by atoms with Gasteiger partial charge in [0.15, 0.2) is 6.61 Å². The fourth-order valence-corrected chi connectivity index (χ4v) is 4.35. The molecule has 4 rings (SSSR count). The number of nitrogens with zero attached hydrogens (tertiary/aromatic N) is 2. The van der Waals surface area contributed by atoms with Gasteiger partial charge in [0, 0.05) is 30.1 Å². The van der Waals surface area contributed by atoms with Gasteiger partial charge in [0.1, 0.15) is 0 Å². The number of Topliss-reactive ketones (excluding diaryl/α,β-unsaturated/α-hetero) is 1. The second-order valence-corrected chi connectivity index (χ2v) is 7.95. The molecule has 146 valence electrons. The van der Waals surface area contributed by atoms with Crippen LogP contribution in [0.2, 0.25) is 0 Å². The number of hydrogen-bond donors (Lipinski definition) is 0. The van der Waals surface area contributed by atoms with Gasteiger partial charge in [-0.25, -0.2) is 9.78 Å². The molecule has 2 aromatic heterocycles. The molecule has 1 aliphatic rings. The van der Waals surface area contributed by atoms with Crippen molar-refractivity contribution in [3.63, 3.8) is 0 Å². The summed E-state index contributed by atoms with van der Waals surface area (Å²) < 4.78 is 14.0. The molecule has 0 aliphatic carbocycles. The minimum absolute atomic E-state index is 0.195. The van der Waals surface area contributed by atoms with Crippen molar-refractivity contribution in [1.29, 1.82) is 0 Å². The second-order valence-electron chi connectivity index (χ2n) is 7.06. The van der Waals surface area contributed by atoms with Crippen molar-refractivity contribution >= 4 is 33.3 Å². The van der Waals surface area contributed by atoms with Gasteiger partial charge in [-0.05, 0) is 51.0 Å². The average Bonchev–Trinajstić information content (AvgIpc) is 3.42. The van der Waals surface area contributed by atoms with E-state index >= 15 is 0 Å². The Balaban J connectivity index is 1.42. The molecule has 1 saturated heterocycles. The van der Waals surface area contributed by atoms with Gasteiger partial charge < -0.3 is 14.0 Å². The van der Waals surface area contributed by atoms with Crippen LogP contribution in [0.5, 0.6) is 0 Å². The number of esters is 1. The highest BCUT2D eigenvalue weighted by atomic mass is 32.1. The fraction of sp³-hybridized carbons (Fsp3) is 0.381. The summed E-state index contributed by atoms with van der Waals surface area (Å²) in [6.45, 7) is 5.19. The second kappa shape index (κ2) is 7.85. The van der Waals surface area contributed by atoms with Crippen LogP contribution >= 0.6 is 11.3 Å². The Labute approximate surface area is 167 Å². The molecule has 1 unspecified atom stereocenters. The Morgan fingerprint density at radius 1 is 1.32 bits per heavy atom. The molecule has 3 heterocycles. The maximum Gasteiger partial charge on any atom is 0.338 e. The van der Waals surface area contributed by atoms with Gasteiger partial charge in [0.25, 0.3) is 0 Å². The van der Waals surface area contributed by atoms with Gasteiger partial charge in [-0.2, -0.15) is 0 Å². The highest BCUT2D eigenvalue weighted by Crippen LogP contribution is 2.22. The molecule has 1 fully saturated rings. The lowest BCUT2D eigenvalue weighted by Gasteiger charge is -2.14. The predicted octanol–water partition coefficient (Wildman–Crippen LogP) is 3.93. The maximum absolute atomic E-state index is 12.6. The molecule has 0 saturated carbocycles. The first-order valence-corrected chi connectivity index (χ1v) is 10.2. The van der Waals surface area contributed by atoms with Crippen LogP contribution in [0, 0.1) is 13.8 Å². The van der Waals surface area contributed by atoms with Crippen LogP contribution in [0.25, 0.3) is 10.2 Å². The maximum atomic E-state index is 12.6. The molecule has 0 spiro atoms. The molecule has 6 nitrogen and oxygen atoms in total. The lowest BCUT2D eigenvalue weighted by molar-refractivity contribution is 0.0474. The first kappa shape index (κ1) is 18.8. The number of carbonyl (C=O) groups excluding carboxylic acids is 2.